The lowest BCUT2D eigenvalue weighted by molar-refractivity contribution is 0.0443. The van der Waals surface area contributed by atoms with Gasteiger partial charge in [-0.05, 0) is 59.2 Å². The Balaban J connectivity index is 1.59. The van der Waals surface area contributed by atoms with Crippen LogP contribution in [0.3, 0.4) is 0 Å². The largest absolute Gasteiger partial charge is 0.379 e. The number of aromatic nitrogens is 2. The quantitative estimate of drug-likeness (QED) is 0.190. The van der Waals surface area contributed by atoms with E-state index in [-0.39, 0.29) is 23.1 Å². The number of anilines is 2. The third-order valence-corrected chi connectivity index (χ3v) is 8.40. The van der Waals surface area contributed by atoms with E-state index in [0.29, 0.717) is 24.3 Å². The molecule has 240 valence electrons. The van der Waals surface area contributed by atoms with Crippen molar-refractivity contribution in [2.75, 3.05) is 43.5 Å². The lowest BCUT2D eigenvalue weighted by Crippen LogP contribution is -2.36. The molecule has 1 fully saturated rings. The highest BCUT2D eigenvalue weighted by Crippen LogP contribution is 2.35. The van der Waals surface area contributed by atoms with Gasteiger partial charge in [-0.15, -0.1) is 0 Å². The minimum Gasteiger partial charge on any atom is -0.379 e. The van der Waals surface area contributed by atoms with Crippen molar-refractivity contribution in [1.29, 1.82) is 0 Å². The predicted octanol–water partition coefficient (Wildman–Crippen LogP) is 7.44. The Morgan fingerprint density at radius 2 is 1.65 bits per heavy atom. The van der Waals surface area contributed by atoms with E-state index in [9.17, 15) is 9.59 Å². The lowest BCUT2D eigenvalue weighted by Gasteiger charge is -2.24. The molecular weight excluding hydrogens is 574 g/mol. The third kappa shape index (κ3) is 7.50. The van der Waals surface area contributed by atoms with E-state index in [1.807, 2.05) is 54.6 Å². The van der Waals surface area contributed by atoms with Crippen molar-refractivity contribution in [3.63, 3.8) is 0 Å². The summed E-state index contributed by atoms with van der Waals surface area (Å²) in [5, 5.41) is 6.92. The summed E-state index contributed by atoms with van der Waals surface area (Å²) in [6, 6.07) is 17.3. The van der Waals surface area contributed by atoms with Gasteiger partial charge >= 0.3 is 6.03 Å². The smallest absolute Gasteiger partial charge is 0.323 e. The molecule has 0 aliphatic carbocycles. The summed E-state index contributed by atoms with van der Waals surface area (Å²) in [5.74, 6) is 7.00. The molecule has 5 rings (SSSR count). The topological polar surface area (TPSA) is 88.5 Å². The van der Waals surface area contributed by atoms with E-state index in [1.54, 1.807) is 10.8 Å². The fourth-order valence-corrected chi connectivity index (χ4v) is 5.94. The highest BCUT2D eigenvalue weighted by atomic mass is 16.5. The number of ether oxygens (including phenoxy) is 1. The second-order valence-electron chi connectivity index (χ2n) is 12.4. The number of carbonyl (C=O) groups excluding carboxylic acids is 1. The number of nitrogens with one attached hydrogen (secondary N) is 2. The standard InChI is InChI=1S/C38H45N5O3/c1-6-7-20-43-36-32(17-10-18-39-36)33(29-14-8-12-28(25-29)13-11-19-42-21-23-46-24-22-42)35(37(43)44)41-38(45)40-34-30(26(2)3)15-9-16-31(34)27(4)5/h8-10,12,14-18,25-27H,6-7,19-24H2,1-5H3,(H2,40,41,45). The Bertz CT molecular complexity index is 1780. The van der Waals surface area contributed by atoms with Crippen molar-refractivity contribution < 1.29 is 9.53 Å². The van der Waals surface area contributed by atoms with Gasteiger partial charge in [0.2, 0.25) is 0 Å². The summed E-state index contributed by atoms with van der Waals surface area (Å²) >= 11 is 0. The van der Waals surface area contributed by atoms with Crippen LogP contribution in [0.5, 0.6) is 0 Å². The Morgan fingerprint density at radius 3 is 2.35 bits per heavy atom. The average molecular weight is 620 g/mol. The molecule has 1 saturated heterocycles. The maximum Gasteiger partial charge on any atom is 0.323 e. The van der Waals surface area contributed by atoms with Crippen LogP contribution < -0.4 is 16.2 Å². The highest BCUT2D eigenvalue weighted by Gasteiger charge is 2.22. The summed E-state index contributed by atoms with van der Waals surface area (Å²) in [7, 11) is 0. The molecule has 0 saturated carbocycles. The monoisotopic (exact) mass is 619 g/mol. The van der Waals surface area contributed by atoms with Crippen molar-refractivity contribution in [3.05, 3.63) is 87.8 Å². The number of hydrogen-bond acceptors (Lipinski definition) is 5. The van der Waals surface area contributed by atoms with Crippen LogP contribution in [0.1, 0.15) is 76.0 Å². The predicted molar refractivity (Wildman–Crippen MR) is 188 cm³/mol. The van der Waals surface area contributed by atoms with E-state index in [0.717, 1.165) is 72.5 Å². The molecule has 2 N–H and O–H groups in total. The first-order valence-corrected chi connectivity index (χ1v) is 16.4. The number of carbonyl (C=O) groups is 1. The van der Waals surface area contributed by atoms with E-state index >= 15 is 0 Å². The Labute approximate surface area is 272 Å². The Hall–Kier alpha value is -4.45. The molecule has 8 heteroatoms. The van der Waals surface area contributed by atoms with Crippen LogP contribution in [0.4, 0.5) is 16.2 Å². The SMILES string of the molecule is CCCCn1c(=O)c(NC(=O)Nc2c(C(C)C)cccc2C(C)C)c(-c2cccc(C#CCN3CCOCC3)c2)c2cccnc21. The summed E-state index contributed by atoms with van der Waals surface area (Å²) in [5.41, 5.74) is 5.68. The molecule has 2 aromatic carbocycles. The molecule has 4 aromatic rings. The zero-order chi connectivity index (χ0) is 32.6. The summed E-state index contributed by atoms with van der Waals surface area (Å²) < 4.78 is 7.14. The minimum absolute atomic E-state index is 0.203. The number of benzene rings is 2. The van der Waals surface area contributed by atoms with Crippen LogP contribution in [0.15, 0.2) is 65.6 Å². The zero-order valence-electron chi connectivity index (χ0n) is 27.7. The molecule has 1 aliphatic rings. The van der Waals surface area contributed by atoms with Crippen LogP contribution in [0, 0.1) is 11.8 Å². The van der Waals surface area contributed by atoms with Gasteiger partial charge in [0.05, 0.1) is 19.8 Å². The molecule has 0 spiro atoms. The van der Waals surface area contributed by atoms with Crippen LogP contribution in [-0.2, 0) is 11.3 Å². The molecule has 2 aromatic heterocycles. The molecule has 1 aliphatic heterocycles. The van der Waals surface area contributed by atoms with Gasteiger partial charge in [-0.25, -0.2) is 9.78 Å². The lowest BCUT2D eigenvalue weighted by atomic mass is 9.93. The number of fused-ring (bicyclic) bond motifs is 1. The first-order chi connectivity index (χ1) is 22.3. The number of urea groups is 1. The number of para-hydroxylation sites is 1. The van der Waals surface area contributed by atoms with Crippen molar-refractivity contribution in [2.45, 2.75) is 65.8 Å². The number of unbranched alkanes of at least 4 members (excludes halogenated alkanes) is 1. The minimum atomic E-state index is -0.458. The van der Waals surface area contributed by atoms with Gasteiger partial charge in [0, 0.05) is 48.0 Å². The Morgan fingerprint density at radius 1 is 0.957 bits per heavy atom. The molecule has 2 amide bonds. The summed E-state index contributed by atoms with van der Waals surface area (Å²) in [6.07, 6.45) is 3.43. The van der Waals surface area contributed by atoms with Gasteiger partial charge in [-0.3, -0.25) is 14.3 Å². The molecule has 0 unspecified atom stereocenters. The first-order valence-electron chi connectivity index (χ1n) is 16.4. The number of rotatable bonds is 9. The van der Waals surface area contributed by atoms with E-state index < -0.39 is 6.03 Å². The fourth-order valence-electron chi connectivity index (χ4n) is 5.94. The second kappa shape index (κ2) is 15.2. The second-order valence-corrected chi connectivity index (χ2v) is 12.4. The van der Waals surface area contributed by atoms with Gasteiger partial charge in [0.25, 0.3) is 5.56 Å². The first kappa shape index (κ1) is 32.9. The molecule has 8 nitrogen and oxygen atoms in total. The van der Waals surface area contributed by atoms with Crippen molar-refractivity contribution in [2.24, 2.45) is 0 Å². The number of pyridine rings is 2. The van der Waals surface area contributed by atoms with Gasteiger partial charge in [-0.2, -0.15) is 0 Å². The van der Waals surface area contributed by atoms with Crippen molar-refractivity contribution in [3.8, 4) is 23.0 Å². The maximum absolute atomic E-state index is 14.3. The number of nitrogens with zero attached hydrogens (tertiary/aromatic N) is 3. The molecule has 0 bridgehead atoms. The van der Waals surface area contributed by atoms with E-state index in [2.05, 4.69) is 67.0 Å². The van der Waals surface area contributed by atoms with E-state index in [1.165, 1.54) is 0 Å². The average Bonchev–Trinajstić information content (AvgIpc) is 3.05. The van der Waals surface area contributed by atoms with Crippen LogP contribution in [0.2, 0.25) is 0 Å². The maximum atomic E-state index is 14.3. The van der Waals surface area contributed by atoms with Crippen LogP contribution in [0.25, 0.3) is 22.2 Å². The number of hydrogen-bond donors (Lipinski definition) is 2. The molecule has 3 heterocycles. The van der Waals surface area contributed by atoms with Gasteiger partial charge < -0.3 is 15.4 Å². The Kier molecular flexibility index (Phi) is 10.9. The normalized spacial score (nSPS) is 13.5. The zero-order valence-corrected chi connectivity index (χ0v) is 27.7. The molecule has 0 atom stereocenters. The highest BCUT2D eigenvalue weighted by molar-refractivity contribution is 6.07. The number of morpholine rings is 1. The molecule has 0 radical (unpaired) electrons. The van der Waals surface area contributed by atoms with Gasteiger partial charge in [-0.1, -0.05) is 83.2 Å². The molecule has 46 heavy (non-hydrogen) atoms. The summed E-state index contributed by atoms with van der Waals surface area (Å²) in [4.78, 5) is 35.1. The molecular formula is C38H45N5O3. The number of aryl methyl sites for hydroxylation is 1. The summed E-state index contributed by atoms with van der Waals surface area (Å²) in [6.45, 7) is 14.9. The van der Waals surface area contributed by atoms with Gasteiger partial charge in [0.1, 0.15) is 11.3 Å². The van der Waals surface area contributed by atoms with Gasteiger partial charge in [0.15, 0.2) is 0 Å². The van der Waals surface area contributed by atoms with Crippen molar-refractivity contribution in [1.82, 2.24) is 14.5 Å². The fraction of sp³-hybridized carbons (Fsp3) is 0.395. The van der Waals surface area contributed by atoms with Crippen LogP contribution >= 0.6 is 0 Å². The van der Waals surface area contributed by atoms with Crippen molar-refractivity contribution >= 4 is 28.4 Å². The number of amides is 2. The third-order valence-electron chi connectivity index (χ3n) is 8.40. The van der Waals surface area contributed by atoms with Crippen LogP contribution in [-0.4, -0.2) is 53.3 Å². The van der Waals surface area contributed by atoms with E-state index in [4.69, 9.17) is 4.74 Å².